The summed E-state index contributed by atoms with van der Waals surface area (Å²) >= 11 is 0. The summed E-state index contributed by atoms with van der Waals surface area (Å²) in [5, 5.41) is 0. The van der Waals surface area contributed by atoms with Crippen LogP contribution < -0.4 is 0 Å². The molecule has 3 heteroatoms. The van der Waals surface area contributed by atoms with Gasteiger partial charge in [-0.15, -0.1) is 0 Å². The van der Waals surface area contributed by atoms with E-state index in [0.717, 1.165) is 25.1 Å². The Morgan fingerprint density at radius 3 is 2.81 bits per heavy atom. The number of likely N-dealkylation sites (tertiary alicyclic amines) is 1. The molecule has 1 fully saturated rings. The molecular formula is C18H21NO2. The van der Waals surface area contributed by atoms with Gasteiger partial charge >= 0.3 is 0 Å². The molecule has 0 bridgehead atoms. The van der Waals surface area contributed by atoms with Gasteiger partial charge in [0.1, 0.15) is 5.76 Å². The second kappa shape index (κ2) is 6.17. The topological polar surface area (TPSA) is 33.5 Å². The maximum absolute atomic E-state index is 12.5. The van der Waals surface area contributed by atoms with Gasteiger partial charge in [-0.2, -0.15) is 0 Å². The van der Waals surface area contributed by atoms with Crippen molar-refractivity contribution >= 4 is 5.91 Å². The van der Waals surface area contributed by atoms with Gasteiger partial charge in [0.2, 0.25) is 5.91 Å². The zero-order valence-electron chi connectivity index (χ0n) is 12.4. The van der Waals surface area contributed by atoms with Crippen LogP contribution in [-0.4, -0.2) is 17.4 Å². The zero-order valence-corrected chi connectivity index (χ0v) is 12.4. The molecule has 0 radical (unpaired) electrons. The fourth-order valence-electron chi connectivity index (χ4n) is 3.03. The summed E-state index contributed by atoms with van der Waals surface area (Å²) in [7, 11) is 0. The van der Waals surface area contributed by atoms with Gasteiger partial charge in [0, 0.05) is 19.4 Å². The maximum Gasteiger partial charge on any atom is 0.223 e. The third-order valence-corrected chi connectivity index (χ3v) is 4.20. The van der Waals surface area contributed by atoms with Crippen molar-refractivity contribution in [3.63, 3.8) is 0 Å². The number of nitrogens with zero attached hydrogens (tertiary/aromatic N) is 1. The maximum atomic E-state index is 12.5. The van der Waals surface area contributed by atoms with Crippen molar-refractivity contribution in [3.8, 4) is 0 Å². The Kier molecular flexibility index (Phi) is 4.09. The average molecular weight is 283 g/mol. The lowest BCUT2D eigenvalue weighted by molar-refractivity contribution is -0.132. The van der Waals surface area contributed by atoms with Gasteiger partial charge in [-0.25, -0.2) is 0 Å². The molecule has 0 N–H and O–H groups in total. The highest BCUT2D eigenvalue weighted by Crippen LogP contribution is 2.32. The number of aryl methyl sites for hydroxylation is 2. The molecule has 3 rings (SSSR count). The van der Waals surface area contributed by atoms with Gasteiger partial charge in [-0.1, -0.05) is 29.8 Å². The minimum atomic E-state index is 0.231. The van der Waals surface area contributed by atoms with Gasteiger partial charge in [0.15, 0.2) is 0 Å². The number of hydrogen-bond donors (Lipinski definition) is 0. The fraction of sp³-hybridized carbons (Fsp3) is 0.389. The summed E-state index contributed by atoms with van der Waals surface area (Å²) in [6.45, 7) is 2.96. The van der Waals surface area contributed by atoms with Crippen LogP contribution in [0.5, 0.6) is 0 Å². The monoisotopic (exact) mass is 283 g/mol. The van der Waals surface area contributed by atoms with Crippen molar-refractivity contribution in [2.45, 2.75) is 38.6 Å². The van der Waals surface area contributed by atoms with E-state index in [1.54, 1.807) is 6.26 Å². The summed E-state index contributed by atoms with van der Waals surface area (Å²) in [6, 6.07) is 12.6. The van der Waals surface area contributed by atoms with Crippen molar-refractivity contribution in [3.05, 3.63) is 59.5 Å². The first-order valence-corrected chi connectivity index (χ1v) is 7.62. The minimum Gasteiger partial charge on any atom is -0.469 e. The second-order valence-corrected chi connectivity index (χ2v) is 5.74. The molecule has 21 heavy (non-hydrogen) atoms. The number of hydrogen-bond acceptors (Lipinski definition) is 2. The van der Waals surface area contributed by atoms with Crippen LogP contribution in [0.25, 0.3) is 0 Å². The molecule has 1 unspecified atom stereocenters. The molecule has 1 saturated heterocycles. The lowest BCUT2D eigenvalue weighted by Gasteiger charge is -2.25. The molecule has 1 amide bonds. The normalized spacial score (nSPS) is 18.1. The Bertz CT molecular complexity index is 586. The van der Waals surface area contributed by atoms with Crippen molar-refractivity contribution in [1.29, 1.82) is 0 Å². The van der Waals surface area contributed by atoms with Crippen molar-refractivity contribution in [2.24, 2.45) is 0 Å². The summed E-state index contributed by atoms with van der Waals surface area (Å²) < 4.78 is 5.30. The van der Waals surface area contributed by atoms with Gasteiger partial charge in [0.25, 0.3) is 0 Å². The smallest absolute Gasteiger partial charge is 0.223 e. The molecule has 2 aromatic rings. The van der Waals surface area contributed by atoms with E-state index < -0.39 is 0 Å². The highest BCUT2D eigenvalue weighted by Gasteiger charge is 2.29. The Morgan fingerprint density at radius 2 is 2.10 bits per heavy atom. The lowest BCUT2D eigenvalue weighted by atomic mass is 10.0. The molecule has 1 atom stereocenters. The molecule has 1 aromatic carbocycles. The molecule has 1 aliphatic heterocycles. The van der Waals surface area contributed by atoms with Crippen molar-refractivity contribution < 1.29 is 9.21 Å². The first-order chi connectivity index (χ1) is 10.2. The van der Waals surface area contributed by atoms with Crippen molar-refractivity contribution in [1.82, 2.24) is 4.90 Å². The summed E-state index contributed by atoms with van der Waals surface area (Å²) in [5.74, 6) is 1.11. The van der Waals surface area contributed by atoms with Gasteiger partial charge in [-0.05, 0) is 37.5 Å². The standard InChI is InChI=1S/C18H21NO2/c1-14-6-8-15(9-7-14)17-5-2-12-19(17)18(20)11-10-16-4-3-13-21-16/h3-4,6-9,13,17H,2,5,10-12H2,1H3. The van der Waals surface area contributed by atoms with Crippen LogP contribution >= 0.6 is 0 Å². The number of benzene rings is 1. The molecule has 0 spiro atoms. The summed E-state index contributed by atoms with van der Waals surface area (Å²) in [5.41, 5.74) is 2.51. The number of amides is 1. The van der Waals surface area contributed by atoms with Gasteiger partial charge in [0.05, 0.1) is 12.3 Å². The Hall–Kier alpha value is -2.03. The highest BCUT2D eigenvalue weighted by atomic mass is 16.3. The second-order valence-electron chi connectivity index (χ2n) is 5.74. The Labute approximate surface area is 125 Å². The van der Waals surface area contributed by atoms with E-state index in [0.29, 0.717) is 12.8 Å². The van der Waals surface area contributed by atoms with Crippen LogP contribution in [0, 0.1) is 6.92 Å². The number of carbonyl (C=O) groups is 1. The molecular weight excluding hydrogens is 262 g/mol. The van der Waals surface area contributed by atoms with Crippen LogP contribution in [-0.2, 0) is 11.2 Å². The van der Waals surface area contributed by atoms with Gasteiger partial charge in [-0.3, -0.25) is 4.79 Å². The number of rotatable bonds is 4. The van der Waals surface area contributed by atoms with E-state index >= 15 is 0 Å². The quantitative estimate of drug-likeness (QED) is 0.853. The minimum absolute atomic E-state index is 0.231. The van der Waals surface area contributed by atoms with E-state index in [1.165, 1.54) is 11.1 Å². The molecule has 0 aliphatic carbocycles. The molecule has 1 aliphatic rings. The predicted molar refractivity (Wildman–Crippen MR) is 81.9 cm³/mol. The predicted octanol–water partition coefficient (Wildman–Crippen LogP) is 3.88. The summed E-state index contributed by atoms with van der Waals surface area (Å²) in [6.07, 6.45) is 5.02. The van der Waals surface area contributed by atoms with E-state index in [-0.39, 0.29) is 11.9 Å². The van der Waals surface area contributed by atoms with Crippen LogP contribution in [0.15, 0.2) is 47.1 Å². The van der Waals surface area contributed by atoms with Crippen molar-refractivity contribution in [2.75, 3.05) is 6.54 Å². The first kappa shape index (κ1) is 13.9. The zero-order chi connectivity index (χ0) is 14.7. The number of carbonyl (C=O) groups excluding carboxylic acids is 1. The fourth-order valence-corrected chi connectivity index (χ4v) is 3.03. The van der Waals surface area contributed by atoms with E-state index in [9.17, 15) is 4.79 Å². The summed E-state index contributed by atoms with van der Waals surface area (Å²) in [4.78, 5) is 14.5. The van der Waals surface area contributed by atoms with Crippen LogP contribution in [0.4, 0.5) is 0 Å². The van der Waals surface area contributed by atoms with E-state index in [4.69, 9.17) is 4.42 Å². The highest BCUT2D eigenvalue weighted by molar-refractivity contribution is 5.77. The van der Waals surface area contributed by atoms with E-state index in [1.807, 2.05) is 17.0 Å². The Morgan fingerprint density at radius 1 is 1.29 bits per heavy atom. The van der Waals surface area contributed by atoms with Gasteiger partial charge < -0.3 is 9.32 Å². The molecule has 110 valence electrons. The Balaban J connectivity index is 1.65. The first-order valence-electron chi connectivity index (χ1n) is 7.62. The lowest BCUT2D eigenvalue weighted by Crippen LogP contribution is -2.30. The molecule has 1 aromatic heterocycles. The molecule has 3 nitrogen and oxygen atoms in total. The van der Waals surface area contributed by atoms with Crippen LogP contribution in [0.1, 0.15) is 42.2 Å². The van der Waals surface area contributed by atoms with E-state index in [2.05, 4.69) is 31.2 Å². The largest absolute Gasteiger partial charge is 0.469 e. The third kappa shape index (κ3) is 3.18. The molecule has 0 saturated carbocycles. The van der Waals surface area contributed by atoms with Crippen LogP contribution in [0.3, 0.4) is 0 Å². The third-order valence-electron chi connectivity index (χ3n) is 4.20. The molecule has 2 heterocycles. The average Bonchev–Trinajstić information content (AvgIpc) is 3.17. The SMILES string of the molecule is Cc1ccc(C2CCCN2C(=O)CCc2ccco2)cc1. The van der Waals surface area contributed by atoms with Crippen LogP contribution in [0.2, 0.25) is 0 Å². The number of furan rings is 1.